The summed E-state index contributed by atoms with van der Waals surface area (Å²) in [5.74, 6) is -1.24. The number of rotatable bonds is 2. The summed E-state index contributed by atoms with van der Waals surface area (Å²) < 4.78 is 1.61. The number of carboxylic acid groups (broad SMARTS) is 1. The van der Waals surface area contributed by atoms with Crippen LogP contribution in [-0.4, -0.2) is 10.5 Å². The zero-order valence-corrected chi connectivity index (χ0v) is 19.2. The average molecular weight is 369 g/mol. The number of carboxylic acids is 1. The van der Waals surface area contributed by atoms with Crippen LogP contribution in [0.1, 0.15) is 51.3 Å². The third-order valence-electron chi connectivity index (χ3n) is 4.63. The third kappa shape index (κ3) is 2.73. The van der Waals surface area contributed by atoms with Crippen LogP contribution in [0.5, 0.6) is 0 Å². The Hall–Kier alpha value is -0.475. The maximum absolute atomic E-state index is 11.6. The van der Waals surface area contributed by atoms with Gasteiger partial charge in [-0.3, -0.25) is 0 Å². The topological polar surface area (TPSA) is 68.8 Å². The van der Waals surface area contributed by atoms with Gasteiger partial charge in [0.15, 0.2) is 0 Å². The zero-order chi connectivity index (χ0) is 16.1. The van der Waals surface area contributed by atoms with Gasteiger partial charge in [-0.05, 0) is 69.4 Å². The first-order valence-electron chi connectivity index (χ1n) is 6.95. The quantitative estimate of drug-likeness (QED) is 0.726. The van der Waals surface area contributed by atoms with Crippen LogP contribution in [0.3, 0.4) is 0 Å². The van der Waals surface area contributed by atoms with Crippen molar-refractivity contribution >= 4 is 16.9 Å². The van der Waals surface area contributed by atoms with Crippen LogP contribution in [0.25, 0.3) is 10.9 Å². The van der Waals surface area contributed by atoms with E-state index in [-0.39, 0.29) is 63.9 Å². The smallest absolute Gasteiger partial charge is 0.543 e. The Labute approximate surface area is 179 Å². The molecule has 0 fully saturated rings. The summed E-state index contributed by atoms with van der Waals surface area (Å²) in [7, 11) is 0. The fraction of sp³-hybridized carbons (Fsp3) is 0.412. The summed E-state index contributed by atoms with van der Waals surface area (Å²) in [5, 5.41) is 21.8. The van der Waals surface area contributed by atoms with Crippen molar-refractivity contribution < 1.29 is 68.1 Å². The van der Waals surface area contributed by atoms with Crippen LogP contribution in [0, 0.1) is 45.9 Å². The van der Waals surface area contributed by atoms with E-state index in [2.05, 4.69) is 6.07 Å². The maximum Gasteiger partial charge on any atom is 1.00 e. The van der Waals surface area contributed by atoms with Crippen molar-refractivity contribution in [1.29, 1.82) is 5.26 Å². The largest absolute Gasteiger partial charge is 1.00 e. The minimum atomic E-state index is -1.24. The molecule has 110 valence electrons. The standard InChI is InChI=1S/C17H20N2O2.Rb/c1-8(7-18)19-15-12(5)10(3)9(2)11(4)14(15)13(6)16(19)17(20)21;/h8H,1-6H3,(H,20,21);/q;+1/p-1. The van der Waals surface area contributed by atoms with Gasteiger partial charge in [-0.25, -0.2) is 0 Å². The average Bonchev–Trinajstić information content (AvgIpc) is 2.75. The molecule has 2 rings (SSSR count). The van der Waals surface area contributed by atoms with Crippen molar-refractivity contribution in [1.82, 2.24) is 4.57 Å². The molecule has 0 radical (unpaired) electrons. The van der Waals surface area contributed by atoms with Crippen molar-refractivity contribution in [3.05, 3.63) is 33.5 Å². The summed E-state index contributed by atoms with van der Waals surface area (Å²) >= 11 is 0. The number of aromatic carboxylic acids is 1. The number of nitrogens with zero attached hydrogens (tertiary/aromatic N) is 2. The minimum absolute atomic E-state index is 0. The van der Waals surface area contributed by atoms with E-state index in [4.69, 9.17) is 0 Å². The first-order chi connectivity index (χ1) is 9.73. The molecule has 0 saturated heterocycles. The Balaban J connectivity index is 0.00000242. The molecule has 0 bridgehead atoms. The molecule has 0 aliphatic rings. The van der Waals surface area contributed by atoms with Gasteiger partial charge in [0.05, 0.1) is 23.2 Å². The Morgan fingerprint density at radius 1 is 1.05 bits per heavy atom. The van der Waals surface area contributed by atoms with Gasteiger partial charge in [0.25, 0.3) is 0 Å². The van der Waals surface area contributed by atoms with E-state index in [1.807, 2.05) is 27.7 Å². The molecule has 2 aromatic rings. The Morgan fingerprint density at radius 3 is 2.00 bits per heavy atom. The van der Waals surface area contributed by atoms with Crippen molar-refractivity contribution in [2.24, 2.45) is 0 Å². The second kappa shape index (κ2) is 6.96. The van der Waals surface area contributed by atoms with Crippen molar-refractivity contribution in [3.8, 4) is 6.07 Å². The molecule has 1 unspecified atom stereocenters. The number of carbonyl (C=O) groups is 1. The number of carbonyl (C=O) groups excluding carboxylic acids is 1. The van der Waals surface area contributed by atoms with Crippen LogP contribution in [0.15, 0.2) is 0 Å². The predicted molar refractivity (Wildman–Crippen MR) is 80.3 cm³/mol. The third-order valence-corrected chi connectivity index (χ3v) is 4.63. The molecule has 0 aliphatic heterocycles. The summed E-state index contributed by atoms with van der Waals surface area (Å²) in [4.78, 5) is 11.6. The van der Waals surface area contributed by atoms with E-state index < -0.39 is 12.0 Å². The van der Waals surface area contributed by atoms with Crippen molar-refractivity contribution in [2.45, 2.75) is 47.6 Å². The monoisotopic (exact) mass is 368 g/mol. The van der Waals surface area contributed by atoms with Gasteiger partial charge in [-0.15, -0.1) is 0 Å². The molecule has 0 spiro atoms. The molecule has 0 saturated carbocycles. The first kappa shape index (κ1) is 19.6. The number of aryl methyl sites for hydroxylation is 3. The van der Waals surface area contributed by atoms with E-state index in [0.717, 1.165) is 33.2 Å². The van der Waals surface area contributed by atoms with Crippen LogP contribution in [0.4, 0.5) is 0 Å². The first-order valence-corrected chi connectivity index (χ1v) is 6.95. The Bertz CT molecular complexity index is 813. The molecule has 1 aromatic carbocycles. The second-order valence-electron chi connectivity index (χ2n) is 5.66. The normalized spacial score (nSPS) is 11.9. The van der Waals surface area contributed by atoms with E-state index >= 15 is 0 Å². The fourth-order valence-electron chi connectivity index (χ4n) is 3.16. The number of hydrogen-bond donors (Lipinski definition) is 0. The summed E-state index contributed by atoms with van der Waals surface area (Å²) in [6, 6.07) is 1.57. The van der Waals surface area contributed by atoms with Gasteiger partial charge in [-0.1, -0.05) is 0 Å². The molecule has 1 heterocycles. The van der Waals surface area contributed by atoms with E-state index in [1.165, 1.54) is 0 Å². The fourth-order valence-corrected chi connectivity index (χ4v) is 3.16. The number of fused-ring (bicyclic) bond motifs is 1. The molecule has 5 heteroatoms. The Kier molecular flexibility index (Phi) is 6.19. The molecular weight excluding hydrogens is 350 g/mol. The molecule has 1 aromatic heterocycles. The number of hydrogen-bond acceptors (Lipinski definition) is 3. The van der Waals surface area contributed by atoms with Gasteiger partial charge < -0.3 is 14.5 Å². The van der Waals surface area contributed by atoms with E-state index in [9.17, 15) is 15.2 Å². The summed E-state index contributed by atoms with van der Waals surface area (Å²) in [6.07, 6.45) is 0. The summed E-state index contributed by atoms with van der Waals surface area (Å²) in [5.41, 5.74) is 6.00. The molecular formula is C17H19N2O2Rb. The number of nitriles is 1. The SMILES string of the molecule is Cc1c(C)c(C)c2c(c1C)c(C)c(C(=O)[O-])n2C(C)C#N.[Rb+]. The number of aromatic nitrogens is 1. The van der Waals surface area contributed by atoms with Crippen LogP contribution < -0.4 is 63.3 Å². The molecule has 0 aliphatic carbocycles. The van der Waals surface area contributed by atoms with Gasteiger partial charge in [0.1, 0.15) is 6.04 Å². The van der Waals surface area contributed by atoms with Gasteiger partial charge in [0, 0.05) is 5.39 Å². The molecule has 0 amide bonds. The molecule has 1 atom stereocenters. The van der Waals surface area contributed by atoms with Gasteiger partial charge in [0.2, 0.25) is 0 Å². The van der Waals surface area contributed by atoms with E-state index in [0.29, 0.717) is 5.56 Å². The maximum atomic E-state index is 11.6. The van der Waals surface area contributed by atoms with Crippen LogP contribution >= 0.6 is 0 Å². The van der Waals surface area contributed by atoms with Crippen molar-refractivity contribution in [3.63, 3.8) is 0 Å². The zero-order valence-electron chi connectivity index (χ0n) is 14.3. The van der Waals surface area contributed by atoms with Crippen LogP contribution in [-0.2, 0) is 0 Å². The second-order valence-corrected chi connectivity index (χ2v) is 5.66. The predicted octanol–water partition coefficient (Wildman–Crippen LogP) is -0.365. The minimum Gasteiger partial charge on any atom is -0.543 e. The van der Waals surface area contributed by atoms with E-state index in [1.54, 1.807) is 18.4 Å². The molecule has 22 heavy (non-hydrogen) atoms. The Morgan fingerprint density at radius 2 is 1.55 bits per heavy atom. The molecule has 4 nitrogen and oxygen atoms in total. The van der Waals surface area contributed by atoms with Crippen LogP contribution in [0.2, 0.25) is 0 Å². The van der Waals surface area contributed by atoms with Crippen molar-refractivity contribution in [2.75, 3.05) is 0 Å². The van der Waals surface area contributed by atoms with Gasteiger partial charge in [-0.2, -0.15) is 5.26 Å². The number of benzene rings is 1. The summed E-state index contributed by atoms with van der Waals surface area (Å²) in [6.45, 7) is 11.5. The molecule has 0 N–H and O–H groups in total. The van der Waals surface area contributed by atoms with Gasteiger partial charge >= 0.3 is 58.2 Å².